The third kappa shape index (κ3) is 3.92. The fraction of sp³-hybridized carbons (Fsp3) is 0.316. The molecule has 0 amide bonds. The molecule has 0 saturated heterocycles. The van der Waals surface area contributed by atoms with Gasteiger partial charge >= 0.3 is 0 Å². The van der Waals surface area contributed by atoms with Crippen molar-refractivity contribution in [3.8, 4) is 10.4 Å². The summed E-state index contributed by atoms with van der Waals surface area (Å²) in [6.07, 6.45) is 0. The molecule has 23 heavy (non-hydrogen) atoms. The first-order chi connectivity index (χ1) is 11.2. The van der Waals surface area contributed by atoms with Crippen LogP contribution in [-0.2, 0) is 0 Å². The quantitative estimate of drug-likeness (QED) is 0.601. The van der Waals surface area contributed by atoms with E-state index in [9.17, 15) is 0 Å². The molecule has 4 heteroatoms. The molecule has 0 N–H and O–H groups in total. The molecule has 1 aliphatic carbocycles. The summed E-state index contributed by atoms with van der Waals surface area (Å²) in [5.74, 6) is 0. The van der Waals surface area contributed by atoms with Crippen molar-refractivity contribution in [1.82, 2.24) is 4.90 Å². The highest BCUT2D eigenvalue weighted by Gasteiger charge is 2.05. The Morgan fingerprint density at radius 2 is 1.87 bits per heavy atom. The van der Waals surface area contributed by atoms with Gasteiger partial charge in [-0.1, -0.05) is 31.5 Å². The number of hydrogen-bond donors (Lipinski definition) is 0. The second-order valence-electron chi connectivity index (χ2n) is 5.56. The second kappa shape index (κ2) is 7.43. The van der Waals surface area contributed by atoms with Gasteiger partial charge in [-0.3, -0.25) is 4.99 Å². The van der Waals surface area contributed by atoms with Crippen molar-refractivity contribution in [2.45, 2.75) is 13.8 Å². The van der Waals surface area contributed by atoms with Gasteiger partial charge in [0.05, 0.1) is 11.9 Å². The van der Waals surface area contributed by atoms with Gasteiger partial charge in [0.15, 0.2) is 0 Å². The Bertz CT molecular complexity index is 836. The number of nitrogens with zero attached hydrogens (tertiary/aromatic N) is 2. The third-order valence-corrected chi connectivity index (χ3v) is 5.51. The van der Waals surface area contributed by atoms with Gasteiger partial charge in [-0.15, -0.1) is 11.3 Å². The van der Waals surface area contributed by atoms with Gasteiger partial charge < -0.3 is 4.90 Å². The molecule has 0 bridgehead atoms. The van der Waals surface area contributed by atoms with Gasteiger partial charge in [-0.25, -0.2) is 0 Å². The molecule has 1 aliphatic heterocycles. The lowest BCUT2D eigenvalue weighted by Gasteiger charge is -2.15. The maximum atomic E-state index is 6.09. The lowest BCUT2D eigenvalue weighted by atomic mass is 10.1. The average Bonchev–Trinajstić information content (AvgIpc) is 2.57. The van der Waals surface area contributed by atoms with Crippen LogP contribution in [0.25, 0.3) is 20.5 Å². The molecule has 1 heterocycles. The predicted octanol–water partition coefficient (Wildman–Crippen LogP) is 4.90. The largest absolute Gasteiger partial charge is 0.302 e. The van der Waals surface area contributed by atoms with E-state index in [1.807, 2.05) is 12.1 Å². The predicted molar refractivity (Wildman–Crippen MR) is 102 cm³/mol. The van der Waals surface area contributed by atoms with Crippen molar-refractivity contribution < 1.29 is 0 Å². The minimum atomic E-state index is 0.784. The Morgan fingerprint density at radius 3 is 2.65 bits per heavy atom. The minimum absolute atomic E-state index is 0.784. The van der Waals surface area contributed by atoms with E-state index in [-0.39, 0.29) is 0 Å². The minimum Gasteiger partial charge on any atom is -0.302 e. The Labute approximate surface area is 146 Å². The molecule has 0 unspecified atom stereocenters. The van der Waals surface area contributed by atoms with E-state index in [1.165, 1.54) is 20.5 Å². The van der Waals surface area contributed by atoms with E-state index in [0.717, 1.165) is 36.6 Å². The molecule has 0 saturated carbocycles. The van der Waals surface area contributed by atoms with E-state index < -0.39 is 0 Å². The van der Waals surface area contributed by atoms with E-state index >= 15 is 0 Å². The molecular formula is C19H21ClN2S. The van der Waals surface area contributed by atoms with Crippen LogP contribution in [0.15, 0.2) is 47.5 Å². The van der Waals surface area contributed by atoms with Crippen molar-refractivity contribution in [3.63, 3.8) is 0 Å². The van der Waals surface area contributed by atoms with Crippen LogP contribution in [0.5, 0.6) is 0 Å². The molecule has 1 aromatic carbocycles. The van der Waals surface area contributed by atoms with Gasteiger partial charge in [0.1, 0.15) is 0 Å². The SMILES string of the molecule is CCN(CC)CCN=c1ccc2cc3cc(Cl)ccc3sc-2c1. The fourth-order valence-electron chi connectivity index (χ4n) is 2.70. The Hall–Kier alpha value is -1.42. The molecule has 3 rings (SSSR count). The van der Waals surface area contributed by atoms with Crippen LogP contribution in [0.4, 0.5) is 0 Å². The zero-order chi connectivity index (χ0) is 16.2. The van der Waals surface area contributed by atoms with Crippen LogP contribution in [0.1, 0.15) is 13.8 Å². The number of rotatable bonds is 5. The number of likely N-dealkylation sites (N-methyl/N-ethyl adjacent to an activating group) is 1. The highest BCUT2D eigenvalue weighted by Crippen LogP contribution is 2.33. The van der Waals surface area contributed by atoms with E-state index in [4.69, 9.17) is 16.6 Å². The van der Waals surface area contributed by atoms with Crippen LogP contribution in [0.2, 0.25) is 5.02 Å². The molecule has 0 radical (unpaired) electrons. The van der Waals surface area contributed by atoms with Gasteiger partial charge in [-0.05, 0) is 60.4 Å². The van der Waals surface area contributed by atoms with Gasteiger partial charge in [0.2, 0.25) is 0 Å². The van der Waals surface area contributed by atoms with Crippen molar-refractivity contribution in [2.24, 2.45) is 4.99 Å². The van der Waals surface area contributed by atoms with Crippen LogP contribution in [0.3, 0.4) is 0 Å². The molecule has 2 nitrogen and oxygen atoms in total. The lowest BCUT2D eigenvalue weighted by molar-refractivity contribution is 0.312. The smallest absolute Gasteiger partial charge is 0.0589 e. The first-order valence-electron chi connectivity index (χ1n) is 8.05. The molecule has 0 spiro atoms. The van der Waals surface area contributed by atoms with Crippen LogP contribution >= 0.6 is 22.9 Å². The average molecular weight is 345 g/mol. The Kier molecular flexibility index (Phi) is 5.31. The molecule has 0 aromatic heterocycles. The Morgan fingerprint density at radius 1 is 1.04 bits per heavy atom. The summed E-state index contributed by atoms with van der Waals surface area (Å²) in [4.78, 5) is 8.39. The van der Waals surface area contributed by atoms with Crippen LogP contribution < -0.4 is 5.36 Å². The third-order valence-electron chi connectivity index (χ3n) is 4.10. The molecule has 1 aromatic rings. The summed E-state index contributed by atoms with van der Waals surface area (Å²) >= 11 is 7.88. The molecule has 120 valence electrons. The monoisotopic (exact) mass is 344 g/mol. The topological polar surface area (TPSA) is 15.6 Å². The van der Waals surface area contributed by atoms with Crippen LogP contribution in [0, 0.1) is 0 Å². The molecular weight excluding hydrogens is 324 g/mol. The standard InChI is InChI=1S/C19H21ClN2S/c1-3-22(4-2)10-9-21-17-7-5-14-11-15-12-16(20)6-8-18(15)23-19(14)13-17/h5-8,11-13H,3-4,9-10H2,1-2H3. The summed E-state index contributed by atoms with van der Waals surface area (Å²) < 4.78 is 1.25. The van der Waals surface area contributed by atoms with E-state index in [0.29, 0.717) is 0 Å². The summed E-state index contributed by atoms with van der Waals surface area (Å²) in [6.45, 7) is 8.42. The maximum Gasteiger partial charge on any atom is 0.0589 e. The summed E-state index contributed by atoms with van der Waals surface area (Å²) in [5, 5.41) is 3.04. The first kappa shape index (κ1) is 16.4. The second-order valence-corrected chi connectivity index (χ2v) is 7.08. The van der Waals surface area contributed by atoms with Crippen LogP contribution in [-0.4, -0.2) is 31.1 Å². The zero-order valence-corrected chi connectivity index (χ0v) is 15.1. The maximum absolute atomic E-state index is 6.09. The van der Waals surface area contributed by atoms with Gasteiger partial charge in [-0.2, -0.15) is 0 Å². The van der Waals surface area contributed by atoms with E-state index in [1.54, 1.807) is 11.3 Å². The number of fused-ring (bicyclic) bond motifs is 2. The van der Waals surface area contributed by atoms with Crippen molar-refractivity contribution in [1.29, 1.82) is 0 Å². The highest BCUT2D eigenvalue weighted by molar-refractivity contribution is 7.21. The molecule has 2 aliphatic rings. The van der Waals surface area contributed by atoms with E-state index in [2.05, 4.69) is 49.1 Å². The normalized spacial score (nSPS) is 12.6. The summed E-state index contributed by atoms with van der Waals surface area (Å²) in [7, 11) is 0. The fourth-order valence-corrected chi connectivity index (χ4v) is 3.91. The first-order valence-corrected chi connectivity index (χ1v) is 9.25. The Balaban J connectivity index is 1.91. The number of hydrogen-bond acceptors (Lipinski definition) is 3. The number of benzene rings is 2. The molecule has 0 fully saturated rings. The van der Waals surface area contributed by atoms with Gasteiger partial charge in [0, 0.05) is 21.1 Å². The van der Waals surface area contributed by atoms with Gasteiger partial charge in [0.25, 0.3) is 0 Å². The van der Waals surface area contributed by atoms with Crippen molar-refractivity contribution >= 4 is 33.0 Å². The summed E-state index contributed by atoms with van der Waals surface area (Å²) in [6, 6.07) is 14.7. The van der Waals surface area contributed by atoms with Crippen molar-refractivity contribution in [2.75, 3.05) is 26.2 Å². The lowest BCUT2D eigenvalue weighted by Crippen LogP contribution is -2.26. The number of halogens is 1. The summed E-state index contributed by atoms with van der Waals surface area (Å²) in [5.41, 5.74) is 1.24. The van der Waals surface area contributed by atoms with Crippen molar-refractivity contribution in [3.05, 3.63) is 52.8 Å². The zero-order valence-electron chi connectivity index (χ0n) is 13.6. The molecule has 0 atom stereocenters. The highest BCUT2D eigenvalue weighted by atomic mass is 35.5.